The van der Waals surface area contributed by atoms with Crippen molar-refractivity contribution < 1.29 is 4.74 Å². The van der Waals surface area contributed by atoms with Crippen LogP contribution in [0.4, 0.5) is 0 Å². The maximum atomic E-state index is 5.89. The van der Waals surface area contributed by atoms with Crippen molar-refractivity contribution in [3.63, 3.8) is 0 Å². The van der Waals surface area contributed by atoms with E-state index >= 15 is 0 Å². The molecule has 1 aliphatic rings. The van der Waals surface area contributed by atoms with Crippen LogP contribution in [0, 0.1) is 11.8 Å². The van der Waals surface area contributed by atoms with Gasteiger partial charge in [-0.25, -0.2) is 0 Å². The SMILES string of the molecule is CC(C)O[C@H]1CCC[C@@H]1C(C)C. The van der Waals surface area contributed by atoms with E-state index in [9.17, 15) is 0 Å². The molecule has 0 saturated heterocycles. The average molecular weight is 170 g/mol. The Bertz CT molecular complexity index is 129. The minimum Gasteiger partial charge on any atom is -0.375 e. The van der Waals surface area contributed by atoms with E-state index in [4.69, 9.17) is 4.74 Å². The summed E-state index contributed by atoms with van der Waals surface area (Å²) >= 11 is 0. The summed E-state index contributed by atoms with van der Waals surface area (Å²) in [4.78, 5) is 0. The zero-order chi connectivity index (χ0) is 9.14. The summed E-state index contributed by atoms with van der Waals surface area (Å²) in [5.41, 5.74) is 0. The van der Waals surface area contributed by atoms with Crippen LogP contribution in [0.2, 0.25) is 0 Å². The molecule has 0 aromatic carbocycles. The van der Waals surface area contributed by atoms with Gasteiger partial charge in [-0.15, -0.1) is 0 Å². The van der Waals surface area contributed by atoms with E-state index in [-0.39, 0.29) is 0 Å². The molecule has 0 amide bonds. The first kappa shape index (κ1) is 10.0. The summed E-state index contributed by atoms with van der Waals surface area (Å²) in [7, 11) is 0. The highest BCUT2D eigenvalue weighted by Gasteiger charge is 2.30. The summed E-state index contributed by atoms with van der Waals surface area (Å²) < 4.78 is 5.89. The first-order valence-electron chi connectivity index (χ1n) is 5.26. The Balaban J connectivity index is 2.41. The Morgan fingerprint density at radius 2 is 1.75 bits per heavy atom. The van der Waals surface area contributed by atoms with Gasteiger partial charge in [0.25, 0.3) is 0 Å². The fraction of sp³-hybridized carbons (Fsp3) is 1.00. The van der Waals surface area contributed by atoms with Gasteiger partial charge in [-0.05, 0) is 38.5 Å². The van der Waals surface area contributed by atoms with Gasteiger partial charge < -0.3 is 4.74 Å². The van der Waals surface area contributed by atoms with Gasteiger partial charge in [-0.1, -0.05) is 20.3 Å². The largest absolute Gasteiger partial charge is 0.375 e. The third-order valence-corrected chi connectivity index (χ3v) is 2.81. The van der Waals surface area contributed by atoms with Crippen LogP contribution in [-0.4, -0.2) is 12.2 Å². The highest BCUT2D eigenvalue weighted by atomic mass is 16.5. The van der Waals surface area contributed by atoms with Gasteiger partial charge in [0.2, 0.25) is 0 Å². The summed E-state index contributed by atoms with van der Waals surface area (Å²) in [5, 5.41) is 0. The van der Waals surface area contributed by atoms with Crippen molar-refractivity contribution in [3.8, 4) is 0 Å². The van der Waals surface area contributed by atoms with Crippen LogP contribution in [0.1, 0.15) is 47.0 Å². The summed E-state index contributed by atoms with van der Waals surface area (Å²) in [5.74, 6) is 1.60. The lowest BCUT2D eigenvalue weighted by atomic mass is 9.92. The van der Waals surface area contributed by atoms with Crippen LogP contribution in [0.5, 0.6) is 0 Å². The van der Waals surface area contributed by atoms with E-state index in [0.717, 1.165) is 11.8 Å². The summed E-state index contributed by atoms with van der Waals surface area (Å²) in [6.45, 7) is 8.89. The molecular formula is C11H22O. The number of ether oxygens (including phenoxy) is 1. The van der Waals surface area contributed by atoms with E-state index in [0.29, 0.717) is 12.2 Å². The molecule has 0 aromatic heterocycles. The topological polar surface area (TPSA) is 9.23 Å². The maximum absolute atomic E-state index is 5.89. The van der Waals surface area contributed by atoms with Crippen LogP contribution < -0.4 is 0 Å². The normalized spacial score (nSPS) is 30.5. The maximum Gasteiger partial charge on any atom is 0.0609 e. The van der Waals surface area contributed by atoms with Crippen molar-refractivity contribution in [2.45, 2.75) is 59.2 Å². The van der Waals surface area contributed by atoms with Crippen molar-refractivity contribution in [2.24, 2.45) is 11.8 Å². The molecular weight excluding hydrogens is 148 g/mol. The third-order valence-electron chi connectivity index (χ3n) is 2.81. The van der Waals surface area contributed by atoms with Crippen molar-refractivity contribution in [1.29, 1.82) is 0 Å². The summed E-state index contributed by atoms with van der Waals surface area (Å²) in [6, 6.07) is 0. The van der Waals surface area contributed by atoms with Crippen LogP contribution in [0.15, 0.2) is 0 Å². The highest BCUT2D eigenvalue weighted by Crippen LogP contribution is 2.34. The van der Waals surface area contributed by atoms with Crippen LogP contribution in [0.3, 0.4) is 0 Å². The van der Waals surface area contributed by atoms with Gasteiger partial charge in [0.1, 0.15) is 0 Å². The smallest absolute Gasteiger partial charge is 0.0609 e. The van der Waals surface area contributed by atoms with E-state index in [1.165, 1.54) is 19.3 Å². The molecule has 2 atom stereocenters. The van der Waals surface area contributed by atoms with E-state index in [1.807, 2.05) is 0 Å². The number of hydrogen-bond acceptors (Lipinski definition) is 1. The molecule has 1 rings (SSSR count). The quantitative estimate of drug-likeness (QED) is 0.632. The van der Waals surface area contributed by atoms with Crippen LogP contribution in [0.25, 0.3) is 0 Å². The fourth-order valence-electron chi connectivity index (χ4n) is 2.24. The van der Waals surface area contributed by atoms with Gasteiger partial charge in [0.05, 0.1) is 12.2 Å². The molecule has 1 nitrogen and oxygen atoms in total. The molecule has 1 fully saturated rings. The molecule has 72 valence electrons. The minimum absolute atomic E-state index is 0.398. The van der Waals surface area contributed by atoms with Gasteiger partial charge in [0, 0.05) is 0 Å². The van der Waals surface area contributed by atoms with E-state index in [1.54, 1.807) is 0 Å². The van der Waals surface area contributed by atoms with E-state index < -0.39 is 0 Å². The van der Waals surface area contributed by atoms with Gasteiger partial charge in [0.15, 0.2) is 0 Å². The van der Waals surface area contributed by atoms with Gasteiger partial charge in [-0.3, -0.25) is 0 Å². The first-order chi connectivity index (χ1) is 5.61. The zero-order valence-electron chi connectivity index (χ0n) is 8.84. The second-order valence-electron chi connectivity index (χ2n) is 4.56. The first-order valence-corrected chi connectivity index (χ1v) is 5.26. The zero-order valence-corrected chi connectivity index (χ0v) is 8.84. The van der Waals surface area contributed by atoms with Gasteiger partial charge in [-0.2, -0.15) is 0 Å². The molecule has 0 unspecified atom stereocenters. The molecule has 0 aliphatic heterocycles. The van der Waals surface area contributed by atoms with Gasteiger partial charge >= 0.3 is 0 Å². The standard InChI is InChI=1S/C11H22O/c1-8(2)10-6-5-7-11(10)12-9(3)4/h8-11H,5-7H2,1-4H3/t10-,11+/m1/s1. The molecule has 0 bridgehead atoms. The Kier molecular flexibility index (Phi) is 3.57. The summed E-state index contributed by atoms with van der Waals surface area (Å²) in [6.07, 6.45) is 4.95. The monoisotopic (exact) mass is 170 g/mol. The molecule has 0 radical (unpaired) electrons. The van der Waals surface area contributed by atoms with Crippen LogP contribution >= 0.6 is 0 Å². The van der Waals surface area contributed by atoms with E-state index in [2.05, 4.69) is 27.7 Å². The Morgan fingerprint density at radius 3 is 2.25 bits per heavy atom. The predicted molar refractivity (Wildman–Crippen MR) is 52.2 cm³/mol. The number of hydrogen-bond donors (Lipinski definition) is 0. The molecule has 0 N–H and O–H groups in total. The minimum atomic E-state index is 0.398. The lowest BCUT2D eigenvalue weighted by molar-refractivity contribution is -0.0233. The average Bonchev–Trinajstić information content (AvgIpc) is 2.33. The Labute approximate surface area is 76.5 Å². The molecule has 0 heterocycles. The second kappa shape index (κ2) is 4.27. The predicted octanol–water partition coefficient (Wildman–Crippen LogP) is 3.24. The molecule has 12 heavy (non-hydrogen) atoms. The molecule has 1 heteroatoms. The molecule has 0 spiro atoms. The molecule has 1 saturated carbocycles. The highest BCUT2D eigenvalue weighted by molar-refractivity contribution is 4.80. The van der Waals surface area contributed by atoms with Crippen molar-refractivity contribution in [2.75, 3.05) is 0 Å². The lowest BCUT2D eigenvalue weighted by Crippen LogP contribution is -2.25. The Morgan fingerprint density at radius 1 is 1.08 bits per heavy atom. The van der Waals surface area contributed by atoms with Crippen molar-refractivity contribution in [3.05, 3.63) is 0 Å². The molecule has 1 aliphatic carbocycles. The van der Waals surface area contributed by atoms with Crippen molar-refractivity contribution in [1.82, 2.24) is 0 Å². The van der Waals surface area contributed by atoms with Crippen molar-refractivity contribution >= 4 is 0 Å². The Hall–Kier alpha value is -0.0400. The van der Waals surface area contributed by atoms with Crippen LogP contribution in [-0.2, 0) is 4.74 Å². The number of rotatable bonds is 3. The lowest BCUT2D eigenvalue weighted by Gasteiger charge is -2.25. The molecule has 0 aromatic rings. The third kappa shape index (κ3) is 2.48. The fourth-order valence-corrected chi connectivity index (χ4v) is 2.24. The second-order valence-corrected chi connectivity index (χ2v) is 4.56.